The average Bonchev–Trinajstić information content (AvgIpc) is 2.69. The molecule has 2 rings (SSSR count). The number of amides is 2. The third-order valence-corrected chi connectivity index (χ3v) is 4.47. The summed E-state index contributed by atoms with van der Waals surface area (Å²) in [6.45, 7) is 8.43. The van der Waals surface area contributed by atoms with Gasteiger partial charge in [-0.2, -0.15) is 0 Å². The Morgan fingerprint density at radius 1 is 0.963 bits per heavy atom. The smallest absolute Gasteiger partial charge is 0.223 e. The number of nitrogens with zero attached hydrogens (tertiary/aromatic N) is 3. The number of pyridine rings is 1. The van der Waals surface area contributed by atoms with Gasteiger partial charge in [-0.05, 0) is 55.8 Å². The summed E-state index contributed by atoms with van der Waals surface area (Å²) >= 11 is 0. The summed E-state index contributed by atoms with van der Waals surface area (Å²) in [5, 5.41) is 2.87. The first kappa shape index (κ1) is 20.4. The largest absolute Gasteiger partial charge is 0.372 e. The van der Waals surface area contributed by atoms with Gasteiger partial charge in [-0.3, -0.25) is 14.6 Å². The molecule has 27 heavy (non-hydrogen) atoms. The Bertz CT molecular complexity index is 728. The van der Waals surface area contributed by atoms with Crippen molar-refractivity contribution < 1.29 is 9.59 Å². The monoisotopic (exact) mass is 368 g/mol. The number of carbonyl (C=O) groups excluding carboxylic acids is 2. The second kappa shape index (κ2) is 10.3. The molecule has 144 valence electrons. The molecule has 0 bridgehead atoms. The van der Waals surface area contributed by atoms with Crippen molar-refractivity contribution in [2.24, 2.45) is 0 Å². The summed E-state index contributed by atoms with van der Waals surface area (Å²) in [5.41, 5.74) is 2.93. The lowest BCUT2D eigenvalue weighted by atomic mass is 10.2. The van der Waals surface area contributed by atoms with Crippen LogP contribution < -0.4 is 15.1 Å². The zero-order chi connectivity index (χ0) is 19.6. The Morgan fingerprint density at radius 2 is 1.56 bits per heavy atom. The molecule has 1 N–H and O–H groups in total. The van der Waals surface area contributed by atoms with Crippen LogP contribution in [0.1, 0.15) is 32.8 Å². The molecule has 0 saturated carbocycles. The highest BCUT2D eigenvalue weighted by molar-refractivity contribution is 5.92. The van der Waals surface area contributed by atoms with Crippen LogP contribution >= 0.6 is 0 Å². The van der Waals surface area contributed by atoms with E-state index in [2.05, 4.69) is 29.0 Å². The van der Waals surface area contributed by atoms with Crippen LogP contribution in [0.2, 0.25) is 0 Å². The topological polar surface area (TPSA) is 65.5 Å². The van der Waals surface area contributed by atoms with Gasteiger partial charge < -0.3 is 15.1 Å². The molecule has 0 saturated heterocycles. The van der Waals surface area contributed by atoms with Gasteiger partial charge >= 0.3 is 0 Å². The van der Waals surface area contributed by atoms with Gasteiger partial charge in [0.2, 0.25) is 11.8 Å². The number of carbonyl (C=O) groups is 2. The van der Waals surface area contributed by atoms with Crippen LogP contribution in [-0.2, 0) is 16.1 Å². The molecule has 6 heteroatoms. The minimum atomic E-state index is -0.0853. The number of hydrogen-bond donors (Lipinski definition) is 1. The number of benzene rings is 1. The van der Waals surface area contributed by atoms with Gasteiger partial charge in [-0.1, -0.05) is 0 Å². The van der Waals surface area contributed by atoms with Crippen molar-refractivity contribution in [1.82, 2.24) is 10.3 Å². The van der Waals surface area contributed by atoms with Crippen LogP contribution in [0.5, 0.6) is 0 Å². The van der Waals surface area contributed by atoms with E-state index in [4.69, 9.17) is 0 Å². The normalized spacial score (nSPS) is 10.3. The quantitative estimate of drug-likeness (QED) is 0.739. The number of nitrogens with one attached hydrogen (secondary N) is 1. The Hall–Kier alpha value is -2.89. The second-order valence-corrected chi connectivity index (χ2v) is 6.24. The Balaban J connectivity index is 1.93. The van der Waals surface area contributed by atoms with E-state index in [0.717, 1.165) is 30.0 Å². The Morgan fingerprint density at radius 3 is 2.11 bits per heavy atom. The van der Waals surface area contributed by atoms with Crippen LogP contribution in [0.25, 0.3) is 0 Å². The third-order valence-electron chi connectivity index (χ3n) is 4.47. The van der Waals surface area contributed by atoms with Crippen molar-refractivity contribution in [3.63, 3.8) is 0 Å². The van der Waals surface area contributed by atoms with Gasteiger partial charge in [0.15, 0.2) is 0 Å². The van der Waals surface area contributed by atoms with Crippen molar-refractivity contribution in [2.45, 2.75) is 33.7 Å². The molecule has 0 radical (unpaired) electrons. The molecule has 2 aromatic rings. The first-order valence-electron chi connectivity index (χ1n) is 9.33. The molecule has 1 aromatic heterocycles. The first-order chi connectivity index (χ1) is 13.0. The van der Waals surface area contributed by atoms with Gasteiger partial charge in [0.25, 0.3) is 0 Å². The summed E-state index contributed by atoms with van der Waals surface area (Å²) in [6, 6.07) is 11.6. The molecule has 0 aliphatic rings. The SMILES string of the molecule is CCN(CC)c1ccc(N(CCC(=O)NCc2ccncc2)C(C)=O)cc1. The van der Waals surface area contributed by atoms with Crippen molar-refractivity contribution in [3.8, 4) is 0 Å². The first-order valence-corrected chi connectivity index (χ1v) is 9.33. The fraction of sp³-hybridized carbons (Fsp3) is 0.381. The lowest BCUT2D eigenvalue weighted by Gasteiger charge is -2.24. The van der Waals surface area contributed by atoms with E-state index in [1.807, 2.05) is 36.4 Å². The van der Waals surface area contributed by atoms with Crippen molar-refractivity contribution in [2.75, 3.05) is 29.4 Å². The fourth-order valence-corrected chi connectivity index (χ4v) is 2.90. The number of hydrogen-bond acceptors (Lipinski definition) is 4. The maximum Gasteiger partial charge on any atom is 0.223 e. The van der Waals surface area contributed by atoms with E-state index >= 15 is 0 Å². The molecule has 0 spiro atoms. The van der Waals surface area contributed by atoms with Gasteiger partial charge in [0.05, 0.1) is 0 Å². The van der Waals surface area contributed by atoms with E-state index in [1.165, 1.54) is 6.92 Å². The van der Waals surface area contributed by atoms with Gasteiger partial charge in [0, 0.05) is 63.3 Å². The van der Waals surface area contributed by atoms with Gasteiger partial charge in [0.1, 0.15) is 0 Å². The Labute approximate surface area is 161 Å². The standard InChI is InChI=1S/C21H28N4O2/c1-4-24(5-2)19-6-8-20(9-7-19)25(17(3)26)15-12-21(27)23-16-18-10-13-22-14-11-18/h6-11,13-14H,4-5,12,15-16H2,1-3H3,(H,23,27). The van der Waals surface area contributed by atoms with E-state index in [1.54, 1.807) is 17.3 Å². The van der Waals surface area contributed by atoms with E-state index in [0.29, 0.717) is 13.1 Å². The fourth-order valence-electron chi connectivity index (χ4n) is 2.90. The molecule has 0 aliphatic carbocycles. The molecule has 0 atom stereocenters. The Kier molecular flexibility index (Phi) is 7.79. The molecule has 0 unspecified atom stereocenters. The van der Waals surface area contributed by atoms with E-state index in [-0.39, 0.29) is 18.2 Å². The van der Waals surface area contributed by atoms with Crippen LogP contribution in [0.15, 0.2) is 48.8 Å². The number of anilines is 2. The molecule has 6 nitrogen and oxygen atoms in total. The maximum atomic E-state index is 12.1. The summed E-state index contributed by atoms with van der Waals surface area (Å²) in [7, 11) is 0. The number of rotatable bonds is 9. The van der Waals surface area contributed by atoms with E-state index in [9.17, 15) is 9.59 Å². The van der Waals surface area contributed by atoms with Gasteiger partial charge in [-0.25, -0.2) is 0 Å². The second-order valence-electron chi connectivity index (χ2n) is 6.24. The highest BCUT2D eigenvalue weighted by Crippen LogP contribution is 2.21. The van der Waals surface area contributed by atoms with Crippen LogP contribution in [0, 0.1) is 0 Å². The van der Waals surface area contributed by atoms with Gasteiger partial charge in [-0.15, -0.1) is 0 Å². The summed E-state index contributed by atoms with van der Waals surface area (Å²) < 4.78 is 0. The van der Waals surface area contributed by atoms with Crippen molar-refractivity contribution in [1.29, 1.82) is 0 Å². The van der Waals surface area contributed by atoms with Crippen LogP contribution in [0.3, 0.4) is 0 Å². The minimum absolute atomic E-state index is 0.0764. The van der Waals surface area contributed by atoms with Crippen molar-refractivity contribution in [3.05, 3.63) is 54.4 Å². The van der Waals surface area contributed by atoms with Crippen LogP contribution in [0.4, 0.5) is 11.4 Å². The average molecular weight is 368 g/mol. The highest BCUT2D eigenvalue weighted by atomic mass is 16.2. The predicted molar refractivity (Wildman–Crippen MR) is 109 cm³/mol. The highest BCUT2D eigenvalue weighted by Gasteiger charge is 2.14. The zero-order valence-corrected chi connectivity index (χ0v) is 16.3. The summed E-state index contributed by atoms with van der Waals surface area (Å²) in [6.07, 6.45) is 3.64. The minimum Gasteiger partial charge on any atom is -0.372 e. The van der Waals surface area contributed by atoms with Crippen LogP contribution in [-0.4, -0.2) is 36.4 Å². The van der Waals surface area contributed by atoms with E-state index < -0.39 is 0 Å². The molecule has 0 fully saturated rings. The zero-order valence-electron chi connectivity index (χ0n) is 16.3. The number of aromatic nitrogens is 1. The molecular formula is C21H28N4O2. The molecule has 2 amide bonds. The predicted octanol–water partition coefficient (Wildman–Crippen LogP) is 2.99. The summed E-state index contributed by atoms with van der Waals surface area (Å²) in [5.74, 6) is -0.162. The lowest BCUT2D eigenvalue weighted by Crippen LogP contribution is -2.33. The molecule has 0 aliphatic heterocycles. The third kappa shape index (κ3) is 6.09. The lowest BCUT2D eigenvalue weighted by molar-refractivity contribution is -0.121. The maximum absolute atomic E-state index is 12.1. The molecule has 1 heterocycles. The molecular weight excluding hydrogens is 340 g/mol. The summed E-state index contributed by atoms with van der Waals surface area (Å²) in [4.78, 5) is 32.0. The molecule has 1 aromatic carbocycles. The van der Waals surface area contributed by atoms with Crippen molar-refractivity contribution >= 4 is 23.2 Å².